The largest absolute Gasteiger partial charge is 0.453 e. The number of alkyl halides is 3. The van der Waals surface area contributed by atoms with Crippen LogP contribution in [0.5, 0.6) is 0 Å². The molecule has 2 N–H and O–H groups in total. The third kappa shape index (κ3) is 6.35. The summed E-state index contributed by atoms with van der Waals surface area (Å²) in [6.07, 6.45) is -2.52. The normalized spacial score (nSPS) is 16.5. The van der Waals surface area contributed by atoms with E-state index in [1.165, 1.54) is 19.2 Å². The summed E-state index contributed by atoms with van der Waals surface area (Å²) in [4.78, 5) is 34.7. The summed E-state index contributed by atoms with van der Waals surface area (Å²) in [6, 6.07) is 13.1. The first kappa shape index (κ1) is 27.2. The van der Waals surface area contributed by atoms with Crippen molar-refractivity contribution in [1.29, 1.82) is 0 Å². The molecule has 0 saturated carbocycles. The Morgan fingerprint density at radius 3 is 2.26 bits per heavy atom. The fourth-order valence-electron chi connectivity index (χ4n) is 4.73. The van der Waals surface area contributed by atoms with Crippen LogP contribution in [0.2, 0.25) is 0 Å². The van der Waals surface area contributed by atoms with Gasteiger partial charge in [-0.25, -0.2) is 9.78 Å². The Morgan fingerprint density at radius 2 is 1.68 bits per heavy atom. The van der Waals surface area contributed by atoms with Gasteiger partial charge in [0.1, 0.15) is 11.9 Å². The van der Waals surface area contributed by atoms with Crippen molar-refractivity contribution in [3.8, 4) is 22.4 Å². The van der Waals surface area contributed by atoms with Crippen LogP contribution in [0.1, 0.15) is 44.1 Å². The molecule has 4 rings (SSSR count). The molecule has 0 aliphatic carbocycles. The Hall–Kier alpha value is -3.82. The number of hydrogen-bond donors (Lipinski definition) is 2. The van der Waals surface area contributed by atoms with E-state index in [1.807, 2.05) is 38.1 Å². The number of carbonyl (C=O) groups is 2. The average molecular weight is 529 g/mol. The second-order valence-corrected chi connectivity index (χ2v) is 9.80. The maximum absolute atomic E-state index is 13.3. The average Bonchev–Trinajstić information content (AvgIpc) is 3.56. The van der Waals surface area contributed by atoms with E-state index in [4.69, 9.17) is 0 Å². The molecule has 0 bridgehead atoms. The van der Waals surface area contributed by atoms with Crippen LogP contribution in [-0.4, -0.2) is 52.7 Å². The molecule has 1 aliphatic heterocycles. The first-order chi connectivity index (χ1) is 18.1. The lowest BCUT2D eigenvalue weighted by atomic mass is 10.0. The Labute approximate surface area is 219 Å². The summed E-state index contributed by atoms with van der Waals surface area (Å²) < 4.78 is 42.5. The Balaban J connectivity index is 1.47. The number of likely N-dealkylation sites (tertiary alicyclic amines) is 1. The highest BCUT2D eigenvalue weighted by Gasteiger charge is 2.37. The van der Waals surface area contributed by atoms with Crippen molar-refractivity contribution in [2.45, 2.75) is 51.4 Å². The lowest BCUT2D eigenvalue weighted by molar-refractivity contribution is -0.135. The van der Waals surface area contributed by atoms with E-state index < -0.39 is 24.7 Å². The zero-order valence-electron chi connectivity index (χ0n) is 21.5. The number of H-pyrrole nitrogens is 1. The quantitative estimate of drug-likeness (QED) is 0.400. The third-order valence-electron chi connectivity index (χ3n) is 6.73. The van der Waals surface area contributed by atoms with Crippen LogP contribution in [0.3, 0.4) is 0 Å². The molecular formula is C28H31F3N4O3. The van der Waals surface area contributed by atoms with E-state index in [-0.39, 0.29) is 23.4 Å². The molecule has 2 heterocycles. The number of nitrogens with one attached hydrogen (secondary N) is 2. The van der Waals surface area contributed by atoms with Gasteiger partial charge in [0.15, 0.2) is 0 Å². The van der Waals surface area contributed by atoms with Gasteiger partial charge < -0.3 is 19.9 Å². The molecular weight excluding hydrogens is 497 g/mol. The van der Waals surface area contributed by atoms with E-state index in [1.54, 1.807) is 23.2 Å². The number of carbonyl (C=O) groups excluding carboxylic acids is 2. The molecule has 38 heavy (non-hydrogen) atoms. The van der Waals surface area contributed by atoms with Crippen LogP contribution < -0.4 is 5.32 Å². The van der Waals surface area contributed by atoms with E-state index in [0.717, 1.165) is 35.2 Å². The summed E-state index contributed by atoms with van der Waals surface area (Å²) in [5.74, 6) is 0.390. The van der Waals surface area contributed by atoms with Crippen LogP contribution in [0.4, 0.5) is 18.0 Å². The maximum Gasteiger partial charge on any atom is 0.407 e. The molecule has 1 fully saturated rings. The molecule has 1 aliphatic rings. The number of amides is 2. The van der Waals surface area contributed by atoms with Gasteiger partial charge in [-0.05, 0) is 41.0 Å². The summed E-state index contributed by atoms with van der Waals surface area (Å²) in [7, 11) is 1.26. The van der Waals surface area contributed by atoms with Crippen molar-refractivity contribution in [2.75, 3.05) is 13.7 Å². The topological polar surface area (TPSA) is 87.3 Å². The fraction of sp³-hybridized carbons (Fsp3) is 0.393. The Morgan fingerprint density at radius 1 is 1.08 bits per heavy atom. The molecule has 202 valence electrons. The third-order valence-corrected chi connectivity index (χ3v) is 6.73. The molecule has 2 amide bonds. The van der Waals surface area contributed by atoms with Crippen molar-refractivity contribution in [3.63, 3.8) is 0 Å². The molecule has 7 nitrogen and oxygen atoms in total. The monoisotopic (exact) mass is 528 g/mol. The minimum absolute atomic E-state index is 0.116. The molecule has 0 spiro atoms. The van der Waals surface area contributed by atoms with Crippen LogP contribution in [0.15, 0.2) is 54.7 Å². The van der Waals surface area contributed by atoms with Crippen LogP contribution in [0, 0.1) is 5.92 Å². The van der Waals surface area contributed by atoms with Gasteiger partial charge in [0.2, 0.25) is 5.91 Å². The zero-order chi connectivity index (χ0) is 27.4. The van der Waals surface area contributed by atoms with Crippen molar-refractivity contribution in [1.82, 2.24) is 20.2 Å². The second-order valence-electron chi connectivity index (χ2n) is 9.80. The van der Waals surface area contributed by atoms with Crippen molar-refractivity contribution < 1.29 is 27.5 Å². The standard InChI is InChI=1S/C28H31F3N4O3/c1-17(2)24(34-27(37)38-3)26(36)35-14-4-5-23(35)25-32-16-22(33-25)21-12-10-20(11-13-21)19-8-6-18(7-9-19)15-28(29,30)31/h6-13,16-17,23-24H,4-5,14-15H2,1-3H3,(H,32,33)(H,34,37)/t23-,24+/m1/s1. The maximum atomic E-state index is 13.3. The smallest absolute Gasteiger partial charge is 0.407 e. The SMILES string of the molecule is COC(=O)N[C@H](C(=O)N1CCC[C@@H]1c1ncc(-c2ccc(-c3ccc(CC(F)(F)F)cc3)cc2)[nH]1)C(C)C. The summed E-state index contributed by atoms with van der Waals surface area (Å²) in [5.41, 5.74) is 3.62. The zero-order valence-corrected chi connectivity index (χ0v) is 21.5. The number of benzene rings is 2. The van der Waals surface area contributed by atoms with Gasteiger partial charge in [-0.15, -0.1) is 0 Å². The second kappa shape index (κ2) is 11.3. The van der Waals surface area contributed by atoms with E-state index in [2.05, 4.69) is 20.0 Å². The van der Waals surface area contributed by atoms with Gasteiger partial charge in [0, 0.05) is 6.54 Å². The number of nitrogens with zero attached hydrogens (tertiary/aromatic N) is 2. The molecule has 0 radical (unpaired) electrons. The van der Waals surface area contributed by atoms with Gasteiger partial charge in [-0.3, -0.25) is 4.79 Å². The highest BCUT2D eigenvalue weighted by Crippen LogP contribution is 2.33. The lowest BCUT2D eigenvalue weighted by Crippen LogP contribution is -2.51. The number of alkyl carbamates (subject to hydrolysis) is 1. The summed E-state index contributed by atoms with van der Waals surface area (Å²) in [6.45, 7) is 4.31. The number of methoxy groups -OCH3 is 1. The number of rotatable bonds is 7. The molecule has 2 aromatic carbocycles. The highest BCUT2D eigenvalue weighted by atomic mass is 19.4. The van der Waals surface area contributed by atoms with Crippen LogP contribution in [-0.2, 0) is 16.0 Å². The van der Waals surface area contributed by atoms with Gasteiger partial charge in [-0.2, -0.15) is 13.2 Å². The van der Waals surface area contributed by atoms with Crippen molar-refractivity contribution in [2.24, 2.45) is 5.92 Å². The van der Waals surface area contributed by atoms with E-state index in [0.29, 0.717) is 12.4 Å². The first-order valence-electron chi connectivity index (χ1n) is 12.5. The van der Waals surface area contributed by atoms with Crippen LogP contribution in [0.25, 0.3) is 22.4 Å². The number of aromatic nitrogens is 2. The Kier molecular flexibility index (Phi) is 8.08. The molecule has 1 saturated heterocycles. The van der Waals surface area contributed by atoms with Gasteiger partial charge in [0.25, 0.3) is 0 Å². The molecule has 2 atom stereocenters. The highest BCUT2D eigenvalue weighted by molar-refractivity contribution is 5.86. The van der Waals surface area contributed by atoms with Gasteiger partial charge in [-0.1, -0.05) is 62.4 Å². The fourth-order valence-corrected chi connectivity index (χ4v) is 4.73. The molecule has 10 heteroatoms. The first-order valence-corrected chi connectivity index (χ1v) is 12.5. The Bertz CT molecular complexity index is 1250. The van der Waals surface area contributed by atoms with E-state index >= 15 is 0 Å². The molecule has 1 aromatic heterocycles. The number of ether oxygens (including phenoxy) is 1. The number of imidazole rings is 1. The van der Waals surface area contributed by atoms with Gasteiger partial charge >= 0.3 is 12.3 Å². The predicted molar refractivity (Wildman–Crippen MR) is 137 cm³/mol. The van der Waals surface area contributed by atoms with Crippen LogP contribution >= 0.6 is 0 Å². The minimum Gasteiger partial charge on any atom is -0.453 e. The summed E-state index contributed by atoms with van der Waals surface area (Å²) >= 11 is 0. The summed E-state index contributed by atoms with van der Waals surface area (Å²) in [5, 5.41) is 2.64. The number of halogens is 3. The minimum atomic E-state index is -4.23. The predicted octanol–water partition coefficient (Wildman–Crippen LogP) is 5.89. The molecule has 0 unspecified atom stereocenters. The molecule has 3 aromatic rings. The van der Waals surface area contributed by atoms with Crippen molar-refractivity contribution in [3.05, 3.63) is 66.1 Å². The van der Waals surface area contributed by atoms with E-state index in [9.17, 15) is 22.8 Å². The number of aromatic amines is 1. The number of hydrogen-bond acceptors (Lipinski definition) is 4. The van der Waals surface area contributed by atoms with Crippen molar-refractivity contribution >= 4 is 12.0 Å². The van der Waals surface area contributed by atoms with Gasteiger partial charge in [0.05, 0.1) is 31.5 Å². The lowest BCUT2D eigenvalue weighted by Gasteiger charge is -2.30.